The van der Waals surface area contributed by atoms with E-state index in [0.717, 1.165) is 11.0 Å². The molecule has 0 aromatic heterocycles. The molecule has 0 saturated carbocycles. The maximum atomic E-state index is 12.4. The summed E-state index contributed by atoms with van der Waals surface area (Å²) in [6.45, 7) is 7.93. The number of non-ortho nitro benzene ring substituents is 1. The first-order valence-corrected chi connectivity index (χ1v) is 10.6. The highest BCUT2D eigenvalue weighted by molar-refractivity contribution is 6.62. The van der Waals surface area contributed by atoms with E-state index in [-0.39, 0.29) is 18.5 Å². The lowest BCUT2D eigenvalue weighted by atomic mass is 9.78. The first-order chi connectivity index (χ1) is 15.4. The lowest BCUT2D eigenvalue weighted by Gasteiger charge is -2.32. The topological polar surface area (TPSA) is 134 Å². The van der Waals surface area contributed by atoms with Crippen molar-refractivity contribution in [2.24, 2.45) is 5.73 Å². The fourth-order valence-corrected chi connectivity index (χ4v) is 3.46. The van der Waals surface area contributed by atoms with Gasteiger partial charge in [-0.3, -0.25) is 19.7 Å². The third-order valence-corrected chi connectivity index (χ3v) is 6.11. The van der Waals surface area contributed by atoms with Gasteiger partial charge in [0.1, 0.15) is 6.04 Å². The molecule has 2 amide bonds. The molecule has 1 atom stereocenters. The molecule has 1 fully saturated rings. The zero-order valence-electron chi connectivity index (χ0n) is 19.2. The molecule has 0 aliphatic carbocycles. The molecule has 3 N–H and O–H groups in total. The van der Waals surface area contributed by atoms with Gasteiger partial charge < -0.3 is 20.4 Å². The Morgan fingerprint density at radius 1 is 1.06 bits per heavy atom. The molecule has 1 saturated heterocycles. The van der Waals surface area contributed by atoms with Crippen LogP contribution in [0.2, 0.25) is 0 Å². The standard InChI is InChI=1S/C23H28BN3O6/c1-22(2)23(3,4)33-24(32-22)17-10-8-15(9-11-17)13-19(21(25)29)26-20(28)14-16-6-5-7-18(12-16)27(30)31/h5-12,19H,13-14H2,1-4H3,(H2,25,29)(H,26,28)/t19-/m0/s1. The number of nitrogens with one attached hydrogen (secondary N) is 1. The summed E-state index contributed by atoms with van der Waals surface area (Å²) in [4.78, 5) is 34.7. The van der Waals surface area contributed by atoms with Gasteiger partial charge in [-0.1, -0.05) is 36.4 Å². The number of carbonyl (C=O) groups is 2. The molecule has 0 spiro atoms. The fraction of sp³-hybridized carbons (Fsp3) is 0.391. The molecule has 2 aromatic rings. The molecular weight excluding hydrogens is 425 g/mol. The Hall–Kier alpha value is -3.24. The first-order valence-electron chi connectivity index (χ1n) is 10.6. The van der Waals surface area contributed by atoms with Gasteiger partial charge in [-0.05, 0) is 44.3 Å². The Kier molecular flexibility index (Phi) is 6.90. The zero-order valence-corrected chi connectivity index (χ0v) is 19.2. The number of benzene rings is 2. The molecular formula is C23H28BN3O6. The Balaban J connectivity index is 1.63. The van der Waals surface area contributed by atoms with Crippen molar-refractivity contribution in [3.63, 3.8) is 0 Å². The van der Waals surface area contributed by atoms with Crippen molar-refractivity contribution in [3.8, 4) is 0 Å². The van der Waals surface area contributed by atoms with Crippen molar-refractivity contribution in [1.29, 1.82) is 0 Å². The number of nitro benzene ring substituents is 1. The Morgan fingerprint density at radius 2 is 1.67 bits per heavy atom. The van der Waals surface area contributed by atoms with Gasteiger partial charge in [0.15, 0.2) is 0 Å². The summed E-state index contributed by atoms with van der Waals surface area (Å²) in [6.07, 6.45) is 0.103. The number of carbonyl (C=O) groups excluding carboxylic acids is 2. The SMILES string of the molecule is CC1(C)OB(c2ccc(C[C@H](NC(=O)Cc3cccc([N+](=O)[O-])c3)C(N)=O)cc2)OC1(C)C. The highest BCUT2D eigenvalue weighted by atomic mass is 16.7. The molecule has 1 aliphatic rings. The maximum Gasteiger partial charge on any atom is 0.494 e. The molecule has 1 aliphatic heterocycles. The van der Waals surface area contributed by atoms with Crippen LogP contribution in [0.3, 0.4) is 0 Å². The van der Waals surface area contributed by atoms with Crippen LogP contribution in [0.5, 0.6) is 0 Å². The quantitative estimate of drug-likeness (QED) is 0.355. The molecule has 1 heterocycles. The molecule has 9 nitrogen and oxygen atoms in total. The predicted molar refractivity (Wildman–Crippen MR) is 124 cm³/mol. The van der Waals surface area contributed by atoms with Gasteiger partial charge in [0.05, 0.1) is 22.5 Å². The maximum absolute atomic E-state index is 12.4. The number of nitro groups is 1. The normalized spacial score (nSPS) is 17.4. The van der Waals surface area contributed by atoms with Crippen molar-refractivity contribution < 1.29 is 23.8 Å². The average molecular weight is 453 g/mol. The molecule has 0 radical (unpaired) electrons. The van der Waals surface area contributed by atoms with Crippen LogP contribution in [0.15, 0.2) is 48.5 Å². The number of hydrogen-bond donors (Lipinski definition) is 2. The van der Waals surface area contributed by atoms with Crippen LogP contribution in [0.25, 0.3) is 0 Å². The average Bonchev–Trinajstić information content (AvgIpc) is 2.95. The summed E-state index contributed by atoms with van der Waals surface area (Å²) in [6, 6.07) is 12.3. The van der Waals surface area contributed by atoms with E-state index in [9.17, 15) is 19.7 Å². The van der Waals surface area contributed by atoms with Crippen molar-refractivity contribution in [2.75, 3.05) is 0 Å². The summed E-state index contributed by atoms with van der Waals surface area (Å²) in [5, 5.41) is 13.5. The Labute approximate surface area is 192 Å². The van der Waals surface area contributed by atoms with Crippen molar-refractivity contribution in [2.45, 2.75) is 57.8 Å². The largest absolute Gasteiger partial charge is 0.494 e. The van der Waals surface area contributed by atoms with Crippen LogP contribution in [-0.4, -0.2) is 41.1 Å². The predicted octanol–water partition coefficient (Wildman–Crippen LogP) is 1.65. The van der Waals surface area contributed by atoms with Crippen LogP contribution in [-0.2, 0) is 31.7 Å². The van der Waals surface area contributed by atoms with Gasteiger partial charge in [0, 0.05) is 18.6 Å². The number of primary amides is 1. The highest BCUT2D eigenvalue weighted by Crippen LogP contribution is 2.36. The number of nitrogens with two attached hydrogens (primary N) is 1. The smallest absolute Gasteiger partial charge is 0.399 e. The lowest BCUT2D eigenvalue weighted by Crippen LogP contribution is -2.46. The minimum absolute atomic E-state index is 0.103. The van der Waals surface area contributed by atoms with Gasteiger partial charge in [0.2, 0.25) is 11.8 Å². The molecule has 3 rings (SSSR count). The second-order valence-electron chi connectivity index (χ2n) is 9.16. The van der Waals surface area contributed by atoms with E-state index in [0.29, 0.717) is 5.56 Å². The summed E-state index contributed by atoms with van der Waals surface area (Å²) in [5.41, 5.74) is 6.62. The molecule has 0 bridgehead atoms. The summed E-state index contributed by atoms with van der Waals surface area (Å²) in [7, 11) is -0.495. The van der Waals surface area contributed by atoms with Crippen LogP contribution >= 0.6 is 0 Å². The number of nitrogens with zero attached hydrogens (tertiary/aromatic N) is 1. The Morgan fingerprint density at radius 3 is 2.21 bits per heavy atom. The highest BCUT2D eigenvalue weighted by Gasteiger charge is 2.51. The second kappa shape index (κ2) is 9.32. The summed E-state index contributed by atoms with van der Waals surface area (Å²) >= 11 is 0. The van der Waals surface area contributed by atoms with E-state index in [4.69, 9.17) is 15.0 Å². The van der Waals surface area contributed by atoms with Crippen molar-refractivity contribution in [1.82, 2.24) is 5.32 Å². The number of rotatable bonds is 8. The first kappa shape index (κ1) is 24.4. The van der Waals surface area contributed by atoms with Crippen LogP contribution in [0.4, 0.5) is 5.69 Å². The van der Waals surface area contributed by atoms with E-state index in [1.165, 1.54) is 18.2 Å². The Bertz CT molecular complexity index is 1040. The van der Waals surface area contributed by atoms with Crippen LogP contribution in [0.1, 0.15) is 38.8 Å². The lowest BCUT2D eigenvalue weighted by molar-refractivity contribution is -0.384. The van der Waals surface area contributed by atoms with E-state index in [1.807, 2.05) is 52.0 Å². The van der Waals surface area contributed by atoms with Crippen LogP contribution in [0, 0.1) is 10.1 Å². The van der Waals surface area contributed by atoms with Gasteiger partial charge in [-0.15, -0.1) is 0 Å². The monoisotopic (exact) mass is 453 g/mol. The van der Waals surface area contributed by atoms with E-state index < -0.39 is 41.1 Å². The minimum Gasteiger partial charge on any atom is -0.399 e. The molecule has 174 valence electrons. The molecule has 2 aromatic carbocycles. The van der Waals surface area contributed by atoms with E-state index in [1.54, 1.807) is 6.07 Å². The van der Waals surface area contributed by atoms with Crippen molar-refractivity contribution >= 4 is 30.1 Å². The van der Waals surface area contributed by atoms with Crippen LogP contribution < -0.4 is 16.5 Å². The molecule has 33 heavy (non-hydrogen) atoms. The fourth-order valence-electron chi connectivity index (χ4n) is 3.46. The second-order valence-corrected chi connectivity index (χ2v) is 9.16. The van der Waals surface area contributed by atoms with E-state index >= 15 is 0 Å². The van der Waals surface area contributed by atoms with Gasteiger partial charge in [0.25, 0.3) is 5.69 Å². The van der Waals surface area contributed by atoms with E-state index in [2.05, 4.69) is 5.32 Å². The number of hydrogen-bond acceptors (Lipinski definition) is 6. The third kappa shape index (κ3) is 5.77. The number of amides is 2. The third-order valence-electron chi connectivity index (χ3n) is 6.11. The van der Waals surface area contributed by atoms with Gasteiger partial charge in [-0.2, -0.15) is 0 Å². The summed E-state index contributed by atoms with van der Waals surface area (Å²) < 4.78 is 12.1. The molecule has 10 heteroatoms. The molecule has 0 unspecified atom stereocenters. The minimum atomic E-state index is -0.918. The van der Waals surface area contributed by atoms with Gasteiger partial charge in [-0.25, -0.2) is 0 Å². The van der Waals surface area contributed by atoms with Crippen molar-refractivity contribution in [3.05, 3.63) is 69.8 Å². The zero-order chi connectivity index (χ0) is 24.4. The van der Waals surface area contributed by atoms with Gasteiger partial charge >= 0.3 is 7.12 Å². The summed E-state index contributed by atoms with van der Waals surface area (Å²) in [5.74, 6) is -1.12.